The summed E-state index contributed by atoms with van der Waals surface area (Å²) >= 11 is 1.84. The van der Waals surface area contributed by atoms with Crippen LogP contribution in [0.5, 0.6) is 0 Å². The molecule has 2 N–H and O–H groups in total. The van der Waals surface area contributed by atoms with Gasteiger partial charge in [-0.1, -0.05) is 6.07 Å². The molecule has 15 heteroatoms. The van der Waals surface area contributed by atoms with E-state index in [1.807, 2.05) is 35.9 Å². The molecule has 206 valence electrons. The van der Waals surface area contributed by atoms with Gasteiger partial charge in [0.15, 0.2) is 0 Å². The first-order valence-electron chi connectivity index (χ1n) is 10.8. The Morgan fingerprint density at radius 1 is 1.05 bits per heavy atom. The number of alkyl halides is 6. The lowest BCUT2D eigenvalue weighted by molar-refractivity contribution is -0.193. The van der Waals surface area contributed by atoms with E-state index in [2.05, 4.69) is 27.4 Å². The number of carboxylic acid groups (broad SMARTS) is 2. The van der Waals surface area contributed by atoms with Gasteiger partial charge in [0.2, 0.25) is 0 Å². The minimum Gasteiger partial charge on any atom is -0.475 e. The van der Waals surface area contributed by atoms with Crippen LogP contribution in [0.2, 0.25) is 0 Å². The molecule has 3 atom stereocenters. The molecule has 1 saturated carbocycles. The first kappa shape index (κ1) is 30.5. The Labute approximate surface area is 211 Å². The van der Waals surface area contributed by atoms with Crippen LogP contribution in [0.4, 0.5) is 26.3 Å². The Morgan fingerprint density at radius 2 is 1.65 bits per heavy atom. The molecule has 2 aliphatic rings. The second kappa shape index (κ2) is 13.7. The summed E-state index contributed by atoms with van der Waals surface area (Å²) < 4.78 is 75.7. The van der Waals surface area contributed by atoms with Gasteiger partial charge in [0, 0.05) is 36.4 Å². The molecule has 2 aromatic rings. The molecular weight excluding hydrogens is 534 g/mol. The van der Waals surface area contributed by atoms with Crippen LogP contribution in [0.25, 0.3) is 0 Å². The number of carbonyl (C=O) groups is 2. The van der Waals surface area contributed by atoms with Gasteiger partial charge in [-0.25, -0.2) is 9.59 Å². The van der Waals surface area contributed by atoms with Crippen molar-refractivity contribution >= 4 is 23.3 Å². The van der Waals surface area contributed by atoms with Gasteiger partial charge in [-0.15, -0.1) is 11.3 Å². The molecule has 1 aliphatic heterocycles. The minimum atomic E-state index is -5.08. The summed E-state index contributed by atoms with van der Waals surface area (Å²) in [5.74, 6) is -5.51. The van der Waals surface area contributed by atoms with Crippen molar-refractivity contribution in [2.45, 2.75) is 56.6 Å². The lowest BCUT2D eigenvalue weighted by Crippen LogP contribution is -2.51. The maximum absolute atomic E-state index is 10.6. The summed E-state index contributed by atoms with van der Waals surface area (Å²) in [6.07, 6.45) is -3.87. The van der Waals surface area contributed by atoms with E-state index in [0.29, 0.717) is 12.6 Å². The van der Waals surface area contributed by atoms with Crippen molar-refractivity contribution in [2.24, 2.45) is 0 Å². The Bertz CT molecular complexity index is 950. The molecule has 0 spiro atoms. The Hall–Kier alpha value is -2.75. The van der Waals surface area contributed by atoms with Crippen LogP contribution in [0.1, 0.15) is 23.3 Å². The fourth-order valence-corrected chi connectivity index (χ4v) is 4.38. The van der Waals surface area contributed by atoms with Gasteiger partial charge in [0.1, 0.15) is 0 Å². The van der Waals surface area contributed by atoms with E-state index in [-0.39, 0.29) is 12.2 Å². The molecule has 2 fully saturated rings. The number of aliphatic carboxylic acids is 2. The van der Waals surface area contributed by atoms with Crippen molar-refractivity contribution in [2.75, 3.05) is 13.2 Å². The maximum Gasteiger partial charge on any atom is 0.490 e. The topological polar surface area (TPSA) is 109 Å². The highest BCUT2D eigenvalue weighted by molar-refractivity contribution is 7.09. The summed E-state index contributed by atoms with van der Waals surface area (Å²) in [7, 11) is 0. The zero-order valence-corrected chi connectivity index (χ0v) is 19.9. The highest BCUT2D eigenvalue weighted by atomic mass is 32.1. The van der Waals surface area contributed by atoms with E-state index in [1.165, 1.54) is 10.4 Å². The van der Waals surface area contributed by atoms with Gasteiger partial charge < -0.3 is 19.7 Å². The third-order valence-electron chi connectivity index (χ3n) is 5.29. The zero-order valence-electron chi connectivity index (χ0n) is 19.1. The average Bonchev–Trinajstić information content (AvgIpc) is 3.48. The van der Waals surface area contributed by atoms with Crippen molar-refractivity contribution in [3.05, 3.63) is 52.5 Å². The highest BCUT2D eigenvalue weighted by Crippen LogP contribution is 2.33. The van der Waals surface area contributed by atoms with Crippen LogP contribution in [-0.4, -0.2) is 75.8 Å². The molecule has 0 radical (unpaired) electrons. The maximum atomic E-state index is 10.6. The van der Waals surface area contributed by atoms with Crippen LogP contribution >= 0.6 is 11.3 Å². The molecule has 0 unspecified atom stereocenters. The second-order valence-corrected chi connectivity index (χ2v) is 8.87. The van der Waals surface area contributed by atoms with E-state index in [0.717, 1.165) is 32.5 Å². The number of hydrogen-bond acceptors (Lipinski definition) is 7. The summed E-state index contributed by atoms with van der Waals surface area (Å²) in [4.78, 5) is 25.9. The number of morpholine rings is 1. The Balaban J connectivity index is 0.000000286. The van der Waals surface area contributed by atoms with E-state index in [1.54, 1.807) is 0 Å². The van der Waals surface area contributed by atoms with Gasteiger partial charge in [-0.3, -0.25) is 9.88 Å². The summed E-state index contributed by atoms with van der Waals surface area (Å²) in [5.41, 5.74) is 1.18. The fourth-order valence-electron chi connectivity index (χ4n) is 3.65. The molecular formula is C22H24F6N2O6S. The normalized spacial score (nSPS) is 21.6. The van der Waals surface area contributed by atoms with Crippen LogP contribution in [0.15, 0.2) is 42.0 Å². The number of carboxylic acids is 2. The summed E-state index contributed by atoms with van der Waals surface area (Å²) in [5, 5.41) is 16.4. The molecule has 2 aromatic heterocycles. The van der Waals surface area contributed by atoms with Gasteiger partial charge in [0.05, 0.1) is 25.4 Å². The summed E-state index contributed by atoms with van der Waals surface area (Å²) in [6, 6.07) is 8.87. The Kier molecular flexibility index (Phi) is 11.3. The minimum absolute atomic E-state index is 0.208. The number of thiophene rings is 1. The molecule has 1 saturated heterocycles. The number of pyridine rings is 1. The number of ether oxygens (including phenoxy) is 2. The van der Waals surface area contributed by atoms with Gasteiger partial charge >= 0.3 is 24.3 Å². The standard InChI is InChI=1S/C18H22N2O2S.2C2HF3O2/c1-2-15(23-11-1)12-20-9-10-21-18-16(20)3-4-17(18)22-13-14-5-7-19-8-6-14;2*3-2(4,5)1(6)7/h1-2,5-8,11,16-18H,3-4,9-10,12-13H2;2*(H,6,7)/t16-,17+,18+;;/m0../s1. The largest absolute Gasteiger partial charge is 0.490 e. The molecule has 37 heavy (non-hydrogen) atoms. The predicted octanol–water partition coefficient (Wildman–Crippen LogP) is 4.36. The number of hydrogen-bond donors (Lipinski definition) is 2. The van der Waals surface area contributed by atoms with Gasteiger partial charge in [-0.2, -0.15) is 26.3 Å². The Morgan fingerprint density at radius 3 is 2.16 bits per heavy atom. The van der Waals surface area contributed by atoms with Crippen LogP contribution in [0.3, 0.4) is 0 Å². The number of rotatable bonds is 5. The first-order valence-corrected chi connectivity index (χ1v) is 11.7. The molecule has 0 bridgehead atoms. The number of halogens is 6. The molecule has 1 aliphatic carbocycles. The predicted molar refractivity (Wildman–Crippen MR) is 118 cm³/mol. The van der Waals surface area contributed by atoms with Crippen molar-refractivity contribution < 1.29 is 55.6 Å². The lowest BCUT2D eigenvalue weighted by atomic mass is 10.1. The molecule has 0 aromatic carbocycles. The third kappa shape index (κ3) is 10.3. The quantitative estimate of drug-likeness (QED) is 0.522. The SMILES string of the molecule is O=C(O)C(F)(F)F.O=C(O)C(F)(F)F.c1csc(CN2CCO[C@H]3[C@H](OCc4ccncc4)CC[C@@H]32)c1. The van der Waals surface area contributed by atoms with Crippen molar-refractivity contribution in [1.29, 1.82) is 0 Å². The van der Waals surface area contributed by atoms with E-state index in [4.69, 9.17) is 29.3 Å². The van der Waals surface area contributed by atoms with E-state index < -0.39 is 24.3 Å². The van der Waals surface area contributed by atoms with Crippen LogP contribution in [0, 0.1) is 0 Å². The molecule has 3 heterocycles. The van der Waals surface area contributed by atoms with Crippen LogP contribution in [-0.2, 0) is 32.2 Å². The van der Waals surface area contributed by atoms with Crippen molar-refractivity contribution in [3.63, 3.8) is 0 Å². The molecule has 4 rings (SSSR count). The smallest absolute Gasteiger partial charge is 0.475 e. The first-order chi connectivity index (χ1) is 17.3. The average molecular weight is 558 g/mol. The summed E-state index contributed by atoms with van der Waals surface area (Å²) in [6.45, 7) is 3.52. The zero-order chi connectivity index (χ0) is 27.6. The van der Waals surface area contributed by atoms with E-state index in [9.17, 15) is 26.3 Å². The lowest BCUT2D eigenvalue weighted by Gasteiger charge is -2.38. The van der Waals surface area contributed by atoms with Crippen LogP contribution < -0.4 is 0 Å². The fraction of sp³-hybridized carbons (Fsp3) is 0.500. The second-order valence-electron chi connectivity index (χ2n) is 7.84. The number of nitrogens with zero attached hydrogens (tertiary/aromatic N) is 2. The highest BCUT2D eigenvalue weighted by Gasteiger charge is 2.43. The number of fused-ring (bicyclic) bond motifs is 1. The molecule has 0 amide bonds. The number of aromatic nitrogens is 1. The monoisotopic (exact) mass is 558 g/mol. The van der Waals surface area contributed by atoms with Gasteiger partial charge in [0.25, 0.3) is 0 Å². The van der Waals surface area contributed by atoms with Crippen molar-refractivity contribution in [1.82, 2.24) is 9.88 Å². The third-order valence-corrected chi connectivity index (χ3v) is 6.15. The molecule has 8 nitrogen and oxygen atoms in total. The van der Waals surface area contributed by atoms with E-state index >= 15 is 0 Å². The van der Waals surface area contributed by atoms with Crippen molar-refractivity contribution in [3.8, 4) is 0 Å². The van der Waals surface area contributed by atoms with Gasteiger partial charge in [-0.05, 0) is 42.0 Å².